The highest BCUT2D eigenvalue weighted by molar-refractivity contribution is 5.92. The van der Waals surface area contributed by atoms with Crippen molar-refractivity contribution in [2.45, 2.75) is 32.4 Å². The van der Waals surface area contributed by atoms with Crippen LogP contribution in [0.1, 0.15) is 35.8 Å². The number of nitrogens with zero attached hydrogens (tertiary/aromatic N) is 3. The molecule has 5 nitrogen and oxygen atoms in total. The number of aryl methyl sites for hydroxylation is 1. The van der Waals surface area contributed by atoms with Crippen molar-refractivity contribution in [2.24, 2.45) is 13.0 Å². The van der Waals surface area contributed by atoms with Crippen LogP contribution in [0.25, 0.3) is 0 Å². The molecular weight excluding hydrogens is 290 g/mol. The van der Waals surface area contributed by atoms with E-state index in [-0.39, 0.29) is 23.2 Å². The zero-order valence-electron chi connectivity index (χ0n) is 13.5. The molecule has 1 aromatic carbocycles. The molecule has 1 amide bonds. The Morgan fingerprint density at radius 1 is 1.35 bits per heavy atom. The van der Waals surface area contributed by atoms with E-state index in [9.17, 15) is 9.59 Å². The third kappa shape index (κ3) is 3.50. The van der Waals surface area contributed by atoms with Crippen LogP contribution in [0.3, 0.4) is 0 Å². The third-order valence-corrected chi connectivity index (χ3v) is 4.45. The van der Waals surface area contributed by atoms with Gasteiger partial charge in [0.2, 0.25) is 0 Å². The number of benzene rings is 1. The number of aromatic nitrogens is 2. The SMILES string of the molecule is CC(C1CC1)N(Cc1ccccc1)C(=O)c1cc(=O)n(C)cn1. The van der Waals surface area contributed by atoms with Crippen molar-refractivity contribution in [1.29, 1.82) is 0 Å². The minimum atomic E-state index is -0.220. The molecule has 1 saturated carbocycles. The molecule has 0 saturated heterocycles. The molecule has 0 N–H and O–H groups in total. The number of hydrogen-bond donors (Lipinski definition) is 0. The lowest BCUT2D eigenvalue weighted by Crippen LogP contribution is -2.40. The molecule has 2 aromatic rings. The van der Waals surface area contributed by atoms with Gasteiger partial charge in [-0.1, -0.05) is 30.3 Å². The van der Waals surface area contributed by atoms with Crippen molar-refractivity contribution in [2.75, 3.05) is 0 Å². The van der Waals surface area contributed by atoms with Crippen LogP contribution >= 0.6 is 0 Å². The topological polar surface area (TPSA) is 55.2 Å². The van der Waals surface area contributed by atoms with Crippen LogP contribution in [-0.2, 0) is 13.6 Å². The fourth-order valence-corrected chi connectivity index (χ4v) is 2.74. The number of hydrogen-bond acceptors (Lipinski definition) is 3. The number of carbonyl (C=O) groups is 1. The molecule has 1 atom stereocenters. The largest absolute Gasteiger partial charge is 0.330 e. The molecule has 1 aliphatic rings. The molecule has 1 aliphatic carbocycles. The Labute approximate surface area is 135 Å². The Morgan fingerprint density at radius 2 is 2.04 bits per heavy atom. The molecule has 1 heterocycles. The highest BCUT2D eigenvalue weighted by Gasteiger charge is 2.35. The van der Waals surface area contributed by atoms with Gasteiger partial charge < -0.3 is 9.47 Å². The molecule has 0 bridgehead atoms. The zero-order chi connectivity index (χ0) is 16.4. The van der Waals surface area contributed by atoms with E-state index in [2.05, 4.69) is 11.9 Å². The summed E-state index contributed by atoms with van der Waals surface area (Å²) in [5, 5.41) is 0. The van der Waals surface area contributed by atoms with Crippen molar-refractivity contribution in [3.8, 4) is 0 Å². The molecule has 1 unspecified atom stereocenters. The summed E-state index contributed by atoms with van der Waals surface area (Å²) in [5.74, 6) is 0.375. The van der Waals surface area contributed by atoms with Crippen LogP contribution in [0.4, 0.5) is 0 Å². The van der Waals surface area contributed by atoms with E-state index < -0.39 is 0 Å². The van der Waals surface area contributed by atoms with Crippen LogP contribution in [0.2, 0.25) is 0 Å². The first-order chi connectivity index (χ1) is 11.1. The highest BCUT2D eigenvalue weighted by atomic mass is 16.2. The van der Waals surface area contributed by atoms with Gasteiger partial charge in [0.05, 0.1) is 6.33 Å². The summed E-state index contributed by atoms with van der Waals surface area (Å²) < 4.78 is 1.36. The first-order valence-corrected chi connectivity index (χ1v) is 7.94. The van der Waals surface area contributed by atoms with Crippen molar-refractivity contribution < 1.29 is 4.79 Å². The second-order valence-electron chi connectivity index (χ2n) is 6.22. The van der Waals surface area contributed by atoms with Crippen molar-refractivity contribution in [1.82, 2.24) is 14.5 Å². The Morgan fingerprint density at radius 3 is 2.65 bits per heavy atom. The van der Waals surface area contributed by atoms with Crippen LogP contribution < -0.4 is 5.56 Å². The summed E-state index contributed by atoms with van der Waals surface area (Å²) in [4.78, 5) is 30.7. The van der Waals surface area contributed by atoms with Crippen molar-refractivity contribution in [3.05, 3.63) is 64.3 Å². The summed E-state index contributed by atoms with van der Waals surface area (Å²) in [6, 6.07) is 11.4. The average molecular weight is 311 g/mol. The fraction of sp³-hybridized carbons (Fsp3) is 0.389. The minimum Gasteiger partial charge on any atom is -0.330 e. The van der Waals surface area contributed by atoms with Gasteiger partial charge in [-0.05, 0) is 31.2 Å². The van der Waals surface area contributed by atoms with Crippen LogP contribution in [-0.4, -0.2) is 26.4 Å². The van der Waals surface area contributed by atoms with Gasteiger partial charge in [0.1, 0.15) is 5.69 Å². The van der Waals surface area contributed by atoms with Gasteiger partial charge in [-0.25, -0.2) is 4.98 Å². The quantitative estimate of drug-likeness (QED) is 0.851. The summed E-state index contributed by atoms with van der Waals surface area (Å²) in [6.45, 7) is 2.62. The van der Waals surface area contributed by atoms with Gasteiger partial charge in [-0.2, -0.15) is 0 Å². The molecule has 1 fully saturated rings. The van der Waals surface area contributed by atoms with E-state index in [4.69, 9.17) is 0 Å². The molecule has 1 aromatic heterocycles. The molecule has 0 radical (unpaired) electrons. The monoisotopic (exact) mass is 311 g/mol. The van der Waals surface area contributed by atoms with Crippen molar-refractivity contribution >= 4 is 5.91 Å². The maximum atomic E-state index is 12.9. The van der Waals surface area contributed by atoms with Gasteiger partial charge in [-0.15, -0.1) is 0 Å². The standard InChI is InChI=1S/C18H21N3O2/c1-13(15-8-9-15)21(11-14-6-4-3-5-7-14)18(23)16-10-17(22)20(2)12-19-16/h3-7,10,12-13,15H,8-9,11H2,1-2H3. The lowest BCUT2D eigenvalue weighted by Gasteiger charge is -2.29. The molecule has 120 valence electrons. The molecule has 0 aliphatic heterocycles. The van der Waals surface area contributed by atoms with Gasteiger partial charge in [-0.3, -0.25) is 9.59 Å². The second-order valence-corrected chi connectivity index (χ2v) is 6.22. The van der Waals surface area contributed by atoms with E-state index in [0.717, 1.165) is 18.4 Å². The van der Waals surface area contributed by atoms with Gasteiger partial charge >= 0.3 is 0 Å². The van der Waals surface area contributed by atoms with Gasteiger partial charge in [0.25, 0.3) is 11.5 Å². The summed E-state index contributed by atoms with van der Waals surface area (Å²) in [6.07, 6.45) is 3.71. The summed E-state index contributed by atoms with van der Waals surface area (Å²) in [7, 11) is 1.62. The smallest absolute Gasteiger partial charge is 0.273 e. The van der Waals surface area contributed by atoms with Crippen LogP contribution in [0, 0.1) is 5.92 Å². The normalized spacial score (nSPS) is 15.2. The Hall–Kier alpha value is -2.43. The Balaban J connectivity index is 1.88. The first kappa shape index (κ1) is 15.5. The minimum absolute atomic E-state index is 0.147. The van der Waals surface area contributed by atoms with Crippen molar-refractivity contribution in [3.63, 3.8) is 0 Å². The van der Waals surface area contributed by atoms with E-state index in [1.165, 1.54) is 17.0 Å². The maximum absolute atomic E-state index is 12.9. The van der Waals surface area contributed by atoms with Gasteiger partial charge in [0, 0.05) is 25.7 Å². The summed E-state index contributed by atoms with van der Waals surface area (Å²) >= 11 is 0. The fourth-order valence-electron chi connectivity index (χ4n) is 2.74. The molecular formula is C18H21N3O2. The Bertz CT molecular complexity index is 750. The lowest BCUT2D eigenvalue weighted by atomic mass is 10.1. The number of amides is 1. The Kier molecular flexibility index (Phi) is 4.28. The number of carbonyl (C=O) groups excluding carboxylic acids is 1. The summed E-state index contributed by atoms with van der Waals surface area (Å²) in [5.41, 5.74) is 1.08. The maximum Gasteiger partial charge on any atom is 0.273 e. The third-order valence-electron chi connectivity index (χ3n) is 4.45. The molecule has 23 heavy (non-hydrogen) atoms. The predicted molar refractivity (Wildman–Crippen MR) is 88.0 cm³/mol. The average Bonchev–Trinajstić information content (AvgIpc) is 3.40. The van der Waals surface area contributed by atoms with Gasteiger partial charge in [0.15, 0.2) is 0 Å². The van der Waals surface area contributed by atoms with E-state index in [0.29, 0.717) is 12.5 Å². The molecule has 3 rings (SSSR count). The highest BCUT2D eigenvalue weighted by Crippen LogP contribution is 2.36. The molecule has 0 spiro atoms. The van der Waals surface area contributed by atoms with Crippen LogP contribution in [0.5, 0.6) is 0 Å². The number of rotatable bonds is 5. The zero-order valence-corrected chi connectivity index (χ0v) is 13.5. The lowest BCUT2D eigenvalue weighted by molar-refractivity contribution is 0.0647. The van der Waals surface area contributed by atoms with E-state index in [1.54, 1.807) is 7.05 Å². The van der Waals surface area contributed by atoms with E-state index >= 15 is 0 Å². The van der Waals surface area contributed by atoms with E-state index in [1.807, 2.05) is 35.2 Å². The predicted octanol–water partition coefficient (Wildman–Crippen LogP) is 2.22. The second kappa shape index (κ2) is 6.36. The first-order valence-electron chi connectivity index (χ1n) is 7.94. The molecule has 5 heteroatoms. The van der Waals surface area contributed by atoms with Crippen LogP contribution in [0.15, 0.2) is 47.5 Å².